The molecular formula is C56H85F6N10O62P13S. The number of ether oxygens (including phenoxy) is 5. The summed E-state index contributed by atoms with van der Waals surface area (Å²) in [5.74, 6) is -19.1. The molecule has 0 radical (unpaired) electrons. The number of halogens is 6. The minimum atomic E-state index is -5.89. The van der Waals surface area contributed by atoms with Crippen molar-refractivity contribution in [3.63, 3.8) is 0 Å². The van der Waals surface area contributed by atoms with Gasteiger partial charge in [0.05, 0.1) is 0 Å². The van der Waals surface area contributed by atoms with Crippen LogP contribution in [0.1, 0.15) is 27.7 Å². The van der Waals surface area contributed by atoms with Crippen LogP contribution in [0.25, 0.3) is 0 Å². The fraction of sp³-hybridized carbons (Fsp3) is 0.518. The van der Waals surface area contributed by atoms with E-state index in [1.165, 1.54) is 0 Å². The fourth-order valence-corrected chi connectivity index (χ4v) is 25.9. The van der Waals surface area contributed by atoms with Crippen molar-refractivity contribution in [1.82, 2.24) is 51.1 Å². The lowest BCUT2D eigenvalue weighted by Crippen LogP contribution is -2.55. The molecule has 844 valence electrons. The third kappa shape index (κ3) is 34.8. The molecule has 10 rings (SSSR count). The molecule has 0 aliphatic carbocycles. The molecule has 32 N–H and O–H groups in total. The zero-order valence-electron chi connectivity index (χ0n) is 73.3. The second-order valence-corrected chi connectivity index (χ2v) is 50.9. The van der Waals surface area contributed by atoms with Crippen molar-refractivity contribution in [3.05, 3.63) is 123 Å². The second-order valence-electron chi connectivity index (χ2n) is 30.6. The van der Waals surface area contributed by atoms with Gasteiger partial charge < -0.3 is 213 Å². The summed E-state index contributed by atoms with van der Waals surface area (Å²) in [7, 11) is -68.1. The van der Waals surface area contributed by atoms with Crippen molar-refractivity contribution in [2.75, 3.05) is 33.0 Å². The molecule has 92 heteroatoms. The van der Waals surface area contributed by atoms with E-state index in [1.54, 1.807) is 5.92 Å². The maximum Gasteiger partial charge on any atom is 0.490 e. The number of amides is 5. The number of alkyl halides is 6. The summed E-state index contributed by atoms with van der Waals surface area (Å²) in [6.07, 6.45) is -6.02. The number of terminal acetylenes is 1. The zero-order chi connectivity index (χ0) is 115. The van der Waals surface area contributed by atoms with E-state index >= 15 is 22.0 Å². The van der Waals surface area contributed by atoms with Crippen LogP contribution in [0.4, 0.5) is 26.3 Å². The minimum absolute atomic E-state index is 0.0462. The molecule has 0 spiro atoms. The Kier molecular flexibility index (Phi) is 40.7. The Morgan fingerprint density at radius 3 is 0.764 bits per heavy atom. The summed E-state index contributed by atoms with van der Waals surface area (Å²) in [5.41, 5.74) is -12.8. The van der Waals surface area contributed by atoms with E-state index in [4.69, 9.17) is 93.7 Å². The molecule has 0 saturated carbocycles. The van der Waals surface area contributed by atoms with Crippen molar-refractivity contribution in [2.24, 2.45) is 0 Å². The van der Waals surface area contributed by atoms with E-state index in [2.05, 4.69) is 128 Å². The molecule has 0 bridgehead atoms. The Bertz CT molecular complexity index is 5730. The van der Waals surface area contributed by atoms with Gasteiger partial charge in [0.25, 0.3) is 58.8 Å². The number of aliphatic hydroxyl groups excluding tert-OH is 5. The highest BCUT2D eigenvalue weighted by atomic mass is 32.5. The first-order chi connectivity index (χ1) is 66.1. The number of hydrogen-bond acceptors (Lipinski definition) is 50. The van der Waals surface area contributed by atoms with Crippen LogP contribution in [0.5, 0.6) is 0 Å². The van der Waals surface area contributed by atoms with Crippen molar-refractivity contribution >= 4 is 142 Å². The SMILES string of the molecule is C#C[C@]1(O)[C@H](N2C=CC(=O)NC2=C)O[C@](F)(COP(=O)(O)OP(=O)(O)OP(=O)(O)O)[C@H]1O.C=C1NC(=O)C=CN1[C@@H]1O[C@](F)(COP(=O)(O)O)[C@@H](O)[C@@]1(C)O.C=C1NC(=O)C=CN1[C@@H]1O[C@](F)(COP(=O)(O)OP(=O)(O)OP(=O)(O)O)[C@@H](O)[C@@]1(C)F.C=C1NC(=O)C=CN1[C@@H]1O[C@](F)(COP(=O)(O)OP(=O)(O)OP(=O)(O)O)[C@@H](O)[C@@]1(C)O.C=C1NC(=O)C=CN1[C@@H]1O[C@](F)(COP(O)(=S)OP(=O)(O)OP(=O)(O)O)[C@@H](O)[C@@]1(C)O. The minimum Gasteiger partial charge on any atom is -0.384 e. The number of phosphoric ester groups is 4. The molecule has 0 aromatic rings. The third-order valence-corrected chi connectivity index (χ3v) is 35.2. The Labute approximate surface area is 825 Å². The molecule has 72 nitrogen and oxygen atoms in total. The Morgan fingerprint density at radius 1 is 0.324 bits per heavy atom. The molecule has 8 unspecified atom stereocenters. The van der Waals surface area contributed by atoms with Crippen LogP contribution in [0.2, 0.25) is 0 Å². The van der Waals surface area contributed by atoms with E-state index in [9.17, 15) is 154 Å². The second kappa shape index (κ2) is 46.0. The highest BCUT2D eigenvalue weighted by Crippen LogP contribution is 2.71. The first-order valence-corrected chi connectivity index (χ1v) is 58.2. The summed E-state index contributed by atoms with van der Waals surface area (Å²) in [4.78, 5) is 220. The highest BCUT2D eigenvalue weighted by Gasteiger charge is 2.71. The first-order valence-electron chi connectivity index (χ1n) is 37.5. The topological polar surface area (TPSA) is 1080 Å². The van der Waals surface area contributed by atoms with Crippen molar-refractivity contribution < 1.29 is 320 Å². The van der Waals surface area contributed by atoms with Crippen molar-refractivity contribution in [3.8, 4) is 12.3 Å². The van der Waals surface area contributed by atoms with Crippen LogP contribution < -0.4 is 26.6 Å². The average molecular weight is 2440 g/mol. The van der Waals surface area contributed by atoms with Crippen LogP contribution in [-0.2, 0) is 171 Å². The molecule has 10 aliphatic heterocycles. The molecular weight excluding hydrogens is 2350 g/mol. The quantitative estimate of drug-likeness (QED) is 0.0158. The molecule has 5 amide bonds. The van der Waals surface area contributed by atoms with Crippen molar-refractivity contribution in [1.29, 1.82) is 0 Å². The Balaban J connectivity index is 0.000000283. The first kappa shape index (κ1) is 131. The van der Waals surface area contributed by atoms with Gasteiger partial charge in [-0.2, -0.15) is 30.2 Å². The maximum absolute atomic E-state index is 15.2. The van der Waals surface area contributed by atoms with Crippen LogP contribution in [0, 0.1) is 12.3 Å². The molecule has 28 atom stereocenters. The number of hydrogen-bond donors (Lipinski definition) is 32. The third-order valence-electron chi connectivity index (χ3n) is 18.7. The molecule has 10 heterocycles. The smallest absolute Gasteiger partial charge is 0.384 e. The van der Waals surface area contributed by atoms with Gasteiger partial charge in [-0.25, -0.2) is 85.4 Å². The Morgan fingerprint density at radius 2 is 0.527 bits per heavy atom. The number of nitrogens with one attached hydrogen (secondary N) is 5. The fourth-order valence-electron chi connectivity index (χ4n) is 12.5. The van der Waals surface area contributed by atoms with Crippen LogP contribution in [0.3, 0.4) is 0 Å². The van der Waals surface area contributed by atoms with Gasteiger partial charge in [-0.05, 0) is 39.5 Å². The zero-order valence-corrected chi connectivity index (χ0v) is 85.7. The number of phosphoric acid groups is 12. The number of carbonyl (C=O) groups excluding carboxylic acids is 5. The highest BCUT2D eigenvalue weighted by molar-refractivity contribution is 8.08. The monoisotopic (exact) mass is 2440 g/mol. The van der Waals surface area contributed by atoms with E-state index in [0.717, 1.165) is 107 Å². The number of nitrogens with zero attached hydrogens (tertiary/aromatic N) is 5. The normalized spacial score (nSPS) is 35.7. The van der Waals surface area contributed by atoms with Crippen LogP contribution in [-0.4, -0.2) is 340 Å². The number of carbonyl (C=O) groups is 5. The largest absolute Gasteiger partial charge is 0.490 e. The Hall–Kier alpha value is -5.50. The molecule has 0 aromatic carbocycles. The predicted molar refractivity (Wildman–Crippen MR) is 454 cm³/mol. The molecule has 148 heavy (non-hydrogen) atoms. The van der Waals surface area contributed by atoms with Gasteiger partial charge in [0.2, 0.25) is 5.60 Å². The molecule has 5 fully saturated rings. The maximum atomic E-state index is 15.2. The van der Waals surface area contributed by atoms with E-state index in [-0.39, 0.29) is 29.1 Å². The van der Waals surface area contributed by atoms with Gasteiger partial charge in [0.15, 0.2) is 49.0 Å². The van der Waals surface area contributed by atoms with Gasteiger partial charge in [-0.3, -0.25) is 42.1 Å². The lowest BCUT2D eigenvalue weighted by Gasteiger charge is -2.36. The number of rotatable bonds is 36. The van der Waals surface area contributed by atoms with E-state index < -0.39 is 282 Å². The summed E-state index contributed by atoms with van der Waals surface area (Å²) in [5, 5.41) is 104. The van der Waals surface area contributed by atoms with Crippen molar-refractivity contribution in [2.45, 2.75) is 147 Å². The van der Waals surface area contributed by atoms with Gasteiger partial charge >= 0.3 is 101 Å². The summed E-state index contributed by atoms with van der Waals surface area (Å²) in [6.45, 7) is 8.04. The van der Waals surface area contributed by atoms with E-state index in [0.29, 0.717) is 6.92 Å². The van der Waals surface area contributed by atoms with Gasteiger partial charge in [-0.1, -0.05) is 38.8 Å². The van der Waals surface area contributed by atoms with Gasteiger partial charge in [-0.15, -0.1) is 6.42 Å². The predicted octanol–water partition coefficient (Wildman–Crippen LogP) is -5.13. The summed E-state index contributed by atoms with van der Waals surface area (Å²) < 4.78 is 298. The lowest BCUT2D eigenvalue weighted by atomic mass is 9.93. The lowest BCUT2D eigenvalue weighted by molar-refractivity contribution is -0.207. The molecule has 0 aromatic heterocycles. The van der Waals surface area contributed by atoms with E-state index in [1.807, 2.05) is 0 Å². The standard InChI is InChI=1S/C12H16FN2O14P3.C11H17F2N2O13P3.C11H18FN2O14P3.C11H18FN2O13P3S.C11H16FN2O8P/c1-3-11(18)9(17)12(13,27-10(11)15-5-4-8(16)14-7(15)2)6-26-31(22,23)29-32(24,25)28-30(19,20)21;1-6-14-7(16)3-4-15(6)9-10(2,12)8(17)11(13,26-9)5-25-30(21,22)28-31(23,24)27-29(18,19)20;1-6-13-7(15)3-4-14(6)9-10(2,17)8(16)11(12,26-9)5-25-30(21,22)28-31(23,24)27-29(18,19)20;1-6-13-7(15)3-4-14(6)9-10(2,17)8(16)11(12,25-9)5-24-30(23,31)27-29(21,22)26-28(18,19)20;1-6-13-7(15)3-4-14(6)9-10(2,17)8(16)11(12,22-9)5-21-23(18,19)20/h1,4-5,9-10,17-18H,2,6H2,(H,14,16)(H,22,23)(H,24,25)(H2,19,20,21);3-4,8-9,17H,1,5H2,2H3,(H,14,16)(H,21,22)(H,23,24)(H2,18,19,20);3-4,8-9,16-17H,1,5H2,2H3,(H,13,15)(H,21,22)(H,23,24)(H2,18,19,20);3-4,8-9,16-17H,1,5H2,2H3,(H,13,15)(H,21,22)(H,23,31)(H2,18,19,20);3-4,8-9,16-17H,1,5H2,2H3,(H,13,15)(H2,18,19,20)/t9-,10+,11+,12+;2*8-,9+,10+,11+;8-,9+,10+,11+,30?;8-,9+,10+,11+/m00000/s1. The van der Waals surface area contributed by atoms with Gasteiger partial charge in [0.1, 0.15) is 97.3 Å². The van der Waals surface area contributed by atoms with Gasteiger partial charge in [0, 0.05) is 61.4 Å². The molecule has 5 saturated heterocycles. The molecule has 10 aliphatic rings. The average Bonchev–Trinajstić information content (AvgIpc) is 1.58. The summed E-state index contributed by atoms with van der Waals surface area (Å²) >= 11 is 4.35. The van der Waals surface area contributed by atoms with Crippen LogP contribution in [0.15, 0.2) is 123 Å². The van der Waals surface area contributed by atoms with Crippen LogP contribution >= 0.6 is 101 Å². The summed E-state index contributed by atoms with van der Waals surface area (Å²) in [6, 6.07) is 0. The number of aliphatic hydroxyl groups is 9.